The molecule has 0 atom stereocenters. The number of benzene rings is 1. The molecule has 0 aliphatic carbocycles. The number of rotatable bonds is 2. The summed E-state index contributed by atoms with van der Waals surface area (Å²) in [6, 6.07) is 7.53. The van der Waals surface area contributed by atoms with Crippen molar-refractivity contribution in [3.63, 3.8) is 0 Å². The van der Waals surface area contributed by atoms with E-state index in [4.69, 9.17) is 17.3 Å². The Morgan fingerprint density at radius 3 is 2.83 bits per heavy atom. The lowest BCUT2D eigenvalue weighted by atomic mass is 10.2. The smallest absolute Gasteiger partial charge is 0.274 e. The van der Waals surface area contributed by atoms with Crippen LogP contribution in [-0.4, -0.2) is 26.2 Å². The lowest BCUT2D eigenvalue weighted by molar-refractivity contribution is 0.277. The van der Waals surface area contributed by atoms with Crippen molar-refractivity contribution >= 4 is 34.2 Å². The molecule has 2 heterocycles. The minimum atomic E-state index is -0.204. The molecule has 92 valence electrons. The number of aromatic nitrogens is 3. The molecule has 0 saturated heterocycles. The molecule has 0 fully saturated rings. The van der Waals surface area contributed by atoms with E-state index in [-0.39, 0.29) is 12.2 Å². The van der Waals surface area contributed by atoms with Gasteiger partial charge in [-0.3, -0.25) is 4.79 Å². The van der Waals surface area contributed by atoms with Crippen molar-refractivity contribution in [1.29, 1.82) is 0 Å². The topological polar surface area (TPSA) is 73.8 Å². The summed E-state index contributed by atoms with van der Waals surface area (Å²) in [5, 5.41) is 9.94. The molecule has 0 radical (unpaired) electrons. The number of H-pyrrole nitrogens is 2. The highest BCUT2D eigenvalue weighted by Gasteiger charge is 2.11. The van der Waals surface area contributed by atoms with E-state index in [9.17, 15) is 4.79 Å². The molecular weight excluding hydrogens is 250 g/mol. The Hall–Kier alpha value is -1.92. The quantitative estimate of drug-likeness (QED) is 0.612. The summed E-state index contributed by atoms with van der Waals surface area (Å²) >= 11 is 5.18. The molecule has 0 amide bonds. The number of para-hydroxylation sites is 1. The van der Waals surface area contributed by atoms with Crippen LogP contribution < -0.4 is 5.56 Å². The number of aromatic amines is 2. The molecule has 18 heavy (non-hydrogen) atoms. The molecule has 3 N–H and O–H groups in total. The number of aliphatic hydroxyl groups is 1. The highest BCUT2D eigenvalue weighted by Crippen LogP contribution is 2.19. The molecule has 0 saturated carbocycles. The highest BCUT2D eigenvalue weighted by molar-refractivity contribution is 7.71. The van der Waals surface area contributed by atoms with Crippen molar-refractivity contribution in [1.82, 2.24) is 14.5 Å². The van der Waals surface area contributed by atoms with E-state index in [2.05, 4.69) is 9.97 Å². The molecule has 0 unspecified atom stereocenters. The van der Waals surface area contributed by atoms with Crippen LogP contribution in [0.3, 0.4) is 0 Å². The highest BCUT2D eigenvalue weighted by atomic mass is 32.1. The van der Waals surface area contributed by atoms with Gasteiger partial charge in [-0.2, -0.15) is 0 Å². The Kier molecular flexibility index (Phi) is 2.53. The van der Waals surface area contributed by atoms with Gasteiger partial charge in [-0.1, -0.05) is 18.2 Å². The van der Waals surface area contributed by atoms with Gasteiger partial charge in [0, 0.05) is 11.9 Å². The summed E-state index contributed by atoms with van der Waals surface area (Å²) in [6.45, 7) is 0.244. The molecule has 0 aliphatic heterocycles. The Bertz CT molecular complexity index is 844. The third kappa shape index (κ3) is 1.50. The van der Waals surface area contributed by atoms with Crippen molar-refractivity contribution in [2.24, 2.45) is 0 Å². The zero-order valence-corrected chi connectivity index (χ0v) is 10.3. The lowest BCUT2D eigenvalue weighted by Crippen LogP contribution is -2.12. The van der Waals surface area contributed by atoms with Crippen LogP contribution in [0.5, 0.6) is 0 Å². The van der Waals surface area contributed by atoms with Gasteiger partial charge in [-0.15, -0.1) is 0 Å². The first-order valence-electron chi connectivity index (χ1n) is 5.57. The van der Waals surface area contributed by atoms with Gasteiger partial charge in [0.1, 0.15) is 5.52 Å². The number of nitrogens with zero attached hydrogens (tertiary/aromatic N) is 1. The largest absolute Gasteiger partial charge is 0.395 e. The number of hydrogen-bond acceptors (Lipinski definition) is 3. The van der Waals surface area contributed by atoms with E-state index >= 15 is 0 Å². The van der Waals surface area contributed by atoms with Gasteiger partial charge in [0.25, 0.3) is 5.56 Å². The van der Waals surface area contributed by atoms with Gasteiger partial charge in [-0.25, -0.2) is 0 Å². The molecule has 3 aromatic rings. The van der Waals surface area contributed by atoms with Crippen molar-refractivity contribution in [3.05, 3.63) is 39.4 Å². The van der Waals surface area contributed by atoms with Crippen molar-refractivity contribution in [3.8, 4) is 0 Å². The second-order valence-electron chi connectivity index (χ2n) is 4.03. The number of nitrogens with one attached hydrogen (secondary N) is 2. The second kappa shape index (κ2) is 4.08. The zero-order chi connectivity index (χ0) is 12.7. The maximum Gasteiger partial charge on any atom is 0.274 e. The Morgan fingerprint density at radius 1 is 1.28 bits per heavy atom. The monoisotopic (exact) mass is 261 g/mol. The van der Waals surface area contributed by atoms with Gasteiger partial charge in [0.15, 0.2) is 4.77 Å². The molecule has 0 bridgehead atoms. The van der Waals surface area contributed by atoms with Crippen LogP contribution in [-0.2, 0) is 6.54 Å². The summed E-state index contributed by atoms with van der Waals surface area (Å²) in [7, 11) is 0. The predicted molar refractivity (Wildman–Crippen MR) is 72.3 cm³/mol. The second-order valence-corrected chi connectivity index (χ2v) is 4.42. The molecule has 1 aromatic carbocycles. The standard InChI is InChI=1S/C12H11N3O2S/c16-6-5-15-10-9(14-12(15)18)7-3-1-2-4-8(7)13-11(10)17/h1-4,16H,5-6H2,(H,13,17)(H,14,18). The third-order valence-electron chi connectivity index (χ3n) is 2.97. The number of imidazole rings is 1. The number of pyridine rings is 1. The van der Waals surface area contributed by atoms with Crippen molar-refractivity contribution < 1.29 is 5.11 Å². The third-order valence-corrected chi connectivity index (χ3v) is 3.29. The fourth-order valence-electron chi connectivity index (χ4n) is 2.21. The van der Waals surface area contributed by atoms with E-state index in [1.54, 1.807) is 4.57 Å². The van der Waals surface area contributed by atoms with Crippen molar-refractivity contribution in [2.75, 3.05) is 6.61 Å². The minimum absolute atomic E-state index is 0.0620. The van der Waals surface area contributed by atoms with Gasteiger partial charge in [0.05, 0.1) is 17.6 Å². The molecule has 5 nitrogen and oxygen atoms in total. The van der Waals surface area contributed by atoms with E-state index in [0.717, 1.165) is 10.9 Å². The Balaban J connectivity index is 2.56. The van der Waals surface area contributed by atoms with Crippen molar-refractivity contribution in [2.45, 2.75) is 6.54 Å². The lowest BCUT2D eigenvalue weighted by Gasteiger charge is -2.02. The number of aliphatic hydroxyl groups excluding tert-OH is 1. The fourth-order valence-corrected chi connectivity index (χ4v) is 2.49. The predicted octanol–water partition coefficient (Wildman–Crippen LogP) is 1.53. The fraction of sp³-hybridized carbons (Fsp3) is 0.167. The normalized spacial score (nSPS) is 11.4. The van der Waals surface area contributed by atoms with Crippen LogP contribution >= 0.6 is 12.2 Å². The maximum atomic E-state index is 12.1. The van der Waals surface area contributed by atoms with Gasteiger partial charge in [-0.05, 0) is 18.3 Å². The van der Waals surface area contributed by atoms with E-state index in [0.29, 0.717) is 22.3 Å². The molecule has 3 rings (SSSR count). The molecule has 0 spiro atoms. The molecular formula is C12H11N3O2S. The molecule has 2 aromatic heterocycles. The van der Waals surface area contributed by atoms with E-state index in [1.165, 1.54) is 0 Å². The summed E-state index contributed by atoms with van der Waals surface area (Å²) in [4.78, 5) is 17.9. The van der Waals surface area contributed by atoms with Crippen LogP contribution in [0, 0.1) is 4.77 Å². The van der Waals surface area contributed by atoms with Gasteiger partial charge < -0.3 is 19.6 Å². The van der Waals surface area contributed by atoms with Crippen LogP contribution in [0.4, 0.5) is 0 Å². The van der Waals surface area contributed by atoms with Crippen LogP contribution in [0.1, 0.15) is 0 Å². The van der Waals surface area contributed by atoms with Gasteiger partial charge in [0.2, 0.25) is 0 Å². The summed E-state index contributed by atoms with van der Waals surface area (Å²) in [6.07, 6.45) is 0. The average Bonchev–Trinajstić information content (AvgIpc) is 2.68. The maximum absolute atomic E-state index is 12.1. The van der Waals surface area contributed by atoms with E-state index < -0.39 is 0 Å². The van der Waals surface area contributed by atoms with Crippen LogP contribution in [0.2, 0.25) is 0 Å². The first kappa shape index (κ1) is 11.2. The number of hydrogen-bond donors (Lipinski definition) is 3. The molecule has 6 heteroatoms. The van der Waals surface area contributed by atoms with E-state index in [1.807, 2.05) is 24.3 Å². The average molecular weight is 261 g/mol. The first-order chi connectivity index (χ1) is 8.72. The summed E-state index contributed by atoms with van der Waals surface area (Å²) in [5.41, 5.74) is 1.76. The minimum Gasteiger partial charge on any atom is -0.395 e. The van der Waals surface area contributed by atoms with Crippen LogP contribution in [0.15, 0.2) is 29.1 Å². The summed E-state index contributed by atoms with van der Waals surface area (Å²) in [5.74, 6) is 0. The zero-order valence-electron chi connectivity index (χ0n) is 9.43. The Labute approximate surface area is 107 Å². The molecule has 0 aliphatic rings. The van der Waals surface area contributed by atoms with Gasteiger partial charge >= 0.3 is 0 Å². The number of fused-ring (bicyclic) bond motifs is 3. The Morgan fingerprint density at radius 2 is 2.06 bits per heavy atom. The summed E-state index contributed by atoms with van der Waals surface area (Å²) < 4.78 is 2.07. The first-order valence-corrected chi connectivity index (χ1v) is 5.97. The van der Waals surface area contributed by atoms with Crippen LogP contribution in [0.25, 0.3) is 21.9 Å². The SMILES string of the molecule is O=c1[nH]c2ccccc2c2[nH]c(=S)n(CCO)c12.